The molecule has 0 N–H and O–H groups in total. The van der Waals surface area contributed by atoms with Crippen LogP contribution in [0.5, 0.6) is 0 Å². The Labute approximate surface area is 166 Å². The van der Waals surface area contributed by atoms with Crippen LogP contribution in [0.25, 0.3) is 0 Å². The van der Waals surface area contributed by atoms with Crippen molar-refractivity contribution >= 4 is 17.9 Å². The molecule has 6 nitrogen and oxygen atoms in total. The molecule has 6 heteroatoms. The minimum atomic E-state index is -0.571. The highest BCUT2D eigenvalue weighted by Crippen LogP contribution is 2.37. The molecular formula is C22H30N2O4. The number of carbonyl (C=O) groups is 3. The van der Waals surface area contributed by atoms with E-state index in [-0.39, 0.29) is 35.4 Å². The van der Waals surface area contributed by atoms with Gasteiger partial charge in [0.25, 0.3) is 11.8 Å². The van der Waals surface area contributed by atoms with E-state index < -0.39 is 5.60 Å². The number of amides is 3. The monoisotopic (exact) mass is 386 g/mol. The molecule has 152 valence electrons. The van der Waals surface area contributed by atoms with Crippen LogP contribution in [0.4, 0.5) is 4.79 Å². The lowest BCUT2D eigenvalue weighted by Crippen LogP contribution is -2.57. The van der Waals surface area contributed by atoms with Crippen LogP contribution in [0.3, 0.4) is 0 Å². The Morgan fingerprint density at radius 1 is 1.00 bits per heavy atom. The lowest BCUT2D eigenvalue weighted by molar-refractivity contribution is -0.0182. The summed E-state index contributed by atoms with van der Waals surface area (Å²) in [5, 5.41) is 0. The Bertz CT molecular complexity index is 768. The minimum Gasteiger partial charge on any atom is -0.444 e. The molecule has 1 aromatic carbocycles. The first kappa shape index (κ1) is 20.4. The third-order valence-corrected chi connectivity index (χ3v) is 5.39. The average molecular weight is 386 g/mol. The van der Waals surface area contributed by atoms with Crippen LogP contribution in [-0.4, -0.2) is 51.9 Å². The normalized spacial score (nSPS) is 23.1. The molecular weight excluding hydrogens is 356 g/mol. The molecule has 0 radical (unpaired) electrons. The lowest BCUT2D eigenvalue weighted by Gasteiger charge is -2.47. The molecule has 2 unspecified atom stereocenters. The molecule has 1 fully saturated rings. The van der Waals surface area contributed by atoms with Gasteiger partial charge in [-0.05, 0) is 51.2 Å². The molecule has 0 saturated carbocycles. The molecule has 2 aliphatic heterocycles. The number of ether oxygens (including phenoxy) is 1. The summed E-state index contributed by atoms with van der Waals surface area (Å²) in [6.45, 7) is 12.2. The third-order valence-electron chi connectivity index (χ3n) is 5.39. The number of benzene rings is 1. The van der Waals surface area contributed by atoms with Gasteiger partial charge in [0.2, 0.25) is 0 Å². The second-order valence-corrected chi connectivity index (χ2v) is 9.76. The molecule has 2 aliphatic rings. The summed E-state index contributed by atoms with van der Waals surface area (Å²) in [5.74, 6) is -0.465. The van der Waals surface area contributed by atoms with Crippen molar-refractivity contribution in [3.63, 3.8) is 0 Å². The highest BCUT2D eigenvalue weighted by Gasteiger charge is 2.46. The Balaban J connectivity index is 1.83. The summed E-state index contributed by atoms with van der Waals surface area (Å²) in [6.07, 6.45) is 0.763. The second kappa shape index (κ2) is 6.90. The number of imide groups is 1. The van der Waals surface area contributed by atoms with Crippen LogP contribution in [0, 0.1) is 5.41 Å². The predicted octanol–water partition coefficient (Wildman–Crippen LogP) is 4.10. The number of hydrogen-bond donors (Lipinski definition) is 0. The van der Waals surface area contributed by atoms with E-state index in [1.807, 2.05) is 20.8 Å². The van der Waals surface area contributed by atoms with Gasteiger partial charge in [-0.25, -0.2) is 4.79 Å². The second-order valence-electron chi connectivity index (χ2n) is 9.76. The first-order chi connectivity index (χ1) is 12.9. The van der Waals surface area contributed by atoms with Crippen molar-refractivity contribution in [1.82, 2.24) is 9.80 Å². The maximum atomic E-state index is 12.9. The molecule has 0 bridgehead atoms. The Morgan fingerprint density at radius 2 is 1.54 bits per heavy atom. The lowest BCUT2D eigenvalue weighted by atomic mass is 9.79. The fourth-order valence-corrected chi connectivity index (χ4v) is 4.08. The summed E-state index contributed by atoms with van der Waals surface area (Å²) in [5.41, 5.74) is 0.149. The van der Waals surface area contributed by atoms with E-state index >= 15 is 0 Å². The van der Waals surface area contributed by atoms with E-state index in [9.17, 15) is 14.4 Å². The van der Waals surface area contributed by atoms with Gasteiger partial charge in [0.1, 0.15) is 5.60 Å². The number of piperidine rings is 1. The molecule has 3 rings (SSSR count). The molecule has 0 aliphatic carbocycles. The number of carbonyl (C=O) groups excluding carboxylic acids is 3. The van der Waals surface area contributed by atoms with Gasteiger partial charge in [-0.2, -0.15) is 0 Å². The molecule has 2 heterocycles. The summed E-state index contributed by atoms with van der Waals surface area (Å²) in [4.78, 5) is 41.7. The van der Waals surface area contributed by atoms with Gasteiger partial charge in [-0.1, -0.05) is 32.9 Å². The zero-order valence-electron chi connectivity index (χ0n) is 17.6. The summed E-state index contributed by atoms with van der Waals surface area (Å²) in [7, 11) is 0. The van der Waals surface area contributed by atoms with Gasteiger partial charge in [0.15, 0.2) is 0 Å². The molecule has 0 spiro atoms. The predicted molar refractivity (Wildman–Crippen MR) is 106 cm³/mol. The van der Waals surface area contributed by atoms with Gasteiger partial charge in [0.05, 0.1) is 11.1 Å². The highest BCUT2D eigenvalue weighted by molar-refractivity contribution is 6.21. The van der Waals surface area contributed by atoms with Crippen LogP contribution in [0.15, 0.2) is 24.3 Å². The van der Waals surface area contributed by atoms with Crippen LogP contribution in [-0.2, 0) is 4.74 Å². The topological polar surface area (TPSA) is 66.9 Å². The van der Waals surface area contributed by atoms with Crippen molar-refractivity contribution in [3.8, 4) is 0 Å². The SMILES string of the molecule is CC(C)(C)OC(=O)N1CCC(N2C(=O)c3ccccc3C2=O)CC1C(C)(C)C. The van der Waals surface area contributed by atoms with E-state index in [1.54, 1.807) is 29.2 Å². The highest BCUT2D eigenvalue weighted by atomic mass is 16.6. The molecule has 1 aromatic rings. The number of rotatable bonds is 1. The summed E-state index contributed by atoms with van der Waals surface area (Å²) in [6, 6.07) is 6.59. The Kier molecular flexibility index (Phi) is 5.02. The average Bonchev–Trinajstić information content (AvgIpc) is 2.84. The first-order valence-corrected chi connectivity index (χ1v) is 9.86. The van der Waals surface area contributed by atoms with Gasteiger partial charge in [-0.3, -0.25) is 14.5 Å². The van der Waals surface area contributed by atoms with Crippen molar-refractivity contribution in [3.05, 3.63) is 35.4 Å². The fraction of sp³-hybridized carbons (Fsp3) is 0.591. The zero-order chi connectivity index (χ0) is 20.9. The number of likely N-dealkylation sites (tertiary alicyclic amines) is 1. The molecule has 2 atom stereocenters. The molecule has 28 heavy (non-hydrogen) atoms. The van der Waals surface area contributed by atoms with E-state index in [0.29, 0.717) is 30.5 Å². The maximum absolute atomic E-state index is 12.9. The van der Waals surface area contributed by atoms with Crippen molar-refractivity contribution < 1.29 is 19.1 Å². The molecule has 3 amide bonds. The van der Waals surface area contributed by atoms with Crippen molar-refractivity contribution in [1.29, 1.82) is 0 Å². The van der Waals surface area contributed by atoms with Crippen molar-refractivity contribution in [2.24, 2.45) is 5.41 Å². The van der Waals surface area contributed by atoms with Gasteiger partial charge in [0, 0.05) is 18.6 Å². The number of hydrogen-bond acceptors (Lipinski definition) is 4. The maximum Gasteiger partial charge on any atom is 0.410 e. The molecule has 0 aromatic heterocycles. The van der Waals surface area contributed by atoms with Gasteiger partial charge < -0.3 is 9.64 Å². The van der Waals surface area contributed by atoms with Crippen molar-refractivity contribution in [2.75, 3.05) is 6.54 Å². The molecule has 1 saturated heterocycles. The van der Waals surface area contributed by atoms with Gasteiger partial charge in [-0.15, -0.1) is 0 Å². The van der Waals surface area contributed by atoms with Crippen molar-refractivity contribution in [2.45, 2.75) is 72.1 Å². The van der Waals surface area contributed by atoms with Gasteiger partial charge >= 0.3 is 6.09 Å². The van der Waals surface area contributed by atoms with Crippen LogP contribution in [0.2, 0.25) is 0 Å². The third kappa shape index (κ3) is 3.77. The largest absolute Gasteiger partial charge is 0.444 e. The van der Waals surface area contributed by atoms with Crippen LogP contribution in [0.1, 0.15) is 75.1 Å². The Morgan fingerprint density at radius 3 is 2.00 bits per heavy atom. The van der Waals surface area contributed by atoms with E-state index in [4.69, 9.17) is 4.74 Å². The Hall–Kier alpha value is -2.37. The van der Waals surface area contributed by atoms with Crippen LogP contribution >= 0.6 is 0 Å². The minimum absolute atomic E-state index is 0.134. The number of fused-ring (bicyclic) bond motifs is 1. The van der Waals surface area contributed by atoms with E-state index in [1.165, 1.54) is 4.90 Å². The smallest absolute Gasteiger partial charge is 0.410 e. The quantitative estimate of drug-likeness (QED) is 0.682. The standard InChI is InChI=1S/C22H30N2O4/c1-21(2,3)17-13-14(11-12-23(17)20(27)28-22(4,5)6)24-18(25)15-9-7-8-10-16(15)19(24)26/h7-10,14,17H,11-13H2,1-6H3. The van der Waals surface area contributed by atoms with Crippen LogP contribution < -0.4 is 0 Å². The summed E-state index contributed by atoms with van der Waals surface area (Å²) < 4.78 is 5.60. The van der Waals surface area contributed by atoms with E-state index in [2.05, 4.69) is 20.8 Å². The summed E-state index contributed by atoms with van der Waals surface area (Å²) >= 11 is 0. The zero-order valence-corrected chi connectivity index (χ0v) is 17.6. The van der Waals surface area contributed by atoms with E-state index in [0.717, 1.165) is 0 Å². The fourth-order valence-electron chi connectivity index (χ4n) is 4.08. The first-order valence-electron chi connectivity index (χ1n) is 9.86. The number of nitrogens with zero attached hydrogens (tertiary/aromatic N) is 2.